The van der Waals surface area contributed by atoms with E-state index in [-0.39, 0.29) is 5.56 Å². The van der Waals surface area contributed by atoms with Crippen molar-refractivity contribution < 1.29 is 4.42 Å². The molecule has 0 amide bonds. The van der Waals surface area contributed by atoms with Gasteiger partial charge in [0.15, 0.2) is 5.58 Å². The third-order valence-electron chi connectivity index (χ3n) is 3.02. The van der Waals surface area contributed by atoms with E-state index < -0.39 is 0 Å². The maximum Gasteiger partial charge on any atom is 0.251 e. The topological polar surface area (TPSA) is 74.0 Å². The fourth-order valence-electron chi connectivity index (χ4n) is 2.02. The molecule has 0 unspecified atom stereocenters. The molecule has 2 N–H and O–H groups in total. The Morgan fingerprint density at radius 2 is 2.16 bits per heavy atom. The summed E-state index contributed by atoms with van der Waals surface area (Å²) in [5.41, 5.74) is 8.52. The van der Waals surface area contributed by atoms with E-state index in [9.17, 15) is 4.79 Å². The van der Waals surface area contributed by atoms with Gasteiger partial charge in [0, 0.05) is 17.4 Å². The van der Waals surface area contributed by atoms with Gasteiger partial charge in [-0.15, -0.1) is 0 Å². The lowest BCUT2D eigenvalue weighted by Gasteiger charge is -2.05. The van der Waals surface area contributed by atoms with Crippen LogP contribution in [0, 0.1) is 6.92 Å². The zero-order valence-corrected chi connectivity index (χ0v) is 10.5. The van der Waals surface area contributed by atoms with Gasteiger partial charge >= 0.3 is 0 Å². The Labute approximate surface area is 109 Å². The monoisotopic (exact) mass is 255 g/mol. The molecule has 0 saturated carbocycles. The van der Waals surface area contributed by atoms with Crippen molar-refractivity contribution in [3.05, 3.63) is 58.3 Å². The standard InChI is InChI=1S/C14H13N3O2/c1-9-3-2-4-14(18)17(9)8-13-16-11-7-10(15)5-6-12(11)19-13/h2-7H,8,15H2,1H3. The van der Waals surface area contributed by atoms with Crippen LogP contribution in [0.4, 0.5) is 5.69 Å². The average Bonchev–Trinajstić information content (AvgIpc) is 2.75. The summed E-state index contributed by atoms with van der Waals surface area (Å²) in [6.07, 6.45) is 0. The van der Waals surface area contributed by atoms with Crippen LogP contribution in [0.15, 0.2) is 45.6 Å². The second kappa shape index (κ2) is 4.28. The molecule has 0 bridgehead atoms. The number of anilines is 1. The molecule has 2 aromatic heterocycles. The number of oxazole rings is 1. The molecule has 0 atom stereocenters. The highest BCUT2D eigenvalue weighted by Gasteiger charge is 2.08. The minimum absolute atomic E-state index is 0.0678. The Kier molecular flexibility index (Phi) is 2.59. The molecule has 5 heteroatoms. The zero-order valence-electron chi connectivity index (χ0n) is 10.5. The fraction of sp³-hybridized carbons (Fsp3) is 0.143. The molecule has 0 fully saturated rings. The molecule has 0 saturated heterocycles. The van der Waals surface area contributed by atoms with Crippen LogP contribution in [-0.2, 0) is 6.54 Å². The van der Waals surface area contributed by atoms with Gasteiger partial charge in [-0.1, -0.05) is 6.07 Å². The van der Waals surface area contributed by atoms with Crippen molar-refractivity contribution in [2.24, 2.45) is 0 Å². The molecule has 3 rings (SSSR count). The molecule has 0 aliphatic carbocycles. The number of benzene rings is 1. The number of aryl methyl sites for hydroxylation is 1. The maximum absolute atomic E-state index is 11.8. The van der Waals surface area contributed by atoms with E-state index in [2.05, 4.69) is 4.98 Å². The Hall–Kier alpha value is -2.56. The predicted molar refractivity (Wildman–Crippen MR) is 73.0 cm³/mol. The van der Waals surface area contributed by atoms with Crippen molar-refractivity contribution >= 4 is 16.8 Å². The highest BCUT2D eigenvalue weighted by molar-refractivity contribution is 5.76. The first kappa shape index (κ1) is 11.5. The van der Waals surface area contributed by atoms with Gasteiger partial charge in [0.1, 0.15) is 12.1 Å². The van der Waals surface area contributed by atoms with E-state index in [4.69, 9.17) is 10.2 Å². The Bertz CT molecular complexity index is 802. The minimum Gasteiger partial charge on any atom is -0.439 e. The summed E-state index contributed by atoms with van der Waals surface area (Å²) in [5.74, 6) is 0.497. The third-order valence-corrected chi connectivity index (χ3v) is 3.02. The van der Waals surface area contributed by atoms with Crippen LogP contribution in [0.2, 0.25) is 0 Å². The van der Waals surface area contributed by atoms with Gasteiger partial charge in [-0.3, -0.25) is 4.79 Å². The summed E-state index contributed by atoms with van der Waals surface area (Å²) in [4.78, 5) is 16.1. The van der Waals surface area contributed by atoms with Gasteiger partial charge in [0.25, 0.3) is 5.56 Å². The summed E-state index contributed by atoms with van der Waals surface area (Å²) in [5, 5.41) is 0. The third kappa shape index (κ3) is 2.10. The van der Waals surface area contributed by atoms with E-state index in [1.807, 2.05) is 13.0 Å². The number of fused-ring (bicyclic) bond motifs is 1. The number of pyridine rings is 1. The molecule has 96 valence electrons. The lowest BCUT2D eigenvalue weighted by Crippen LogP contribution is -2.21. The zero-order chi connectivity index (χ0) is 13.4. The van der Waals surface area contributed by atoms with Crippen LogP contribution >= 0.6 is 0 Å². The summed E-state index contributed by atoms with van der Waals surface area (Å²) < 4.78 is 7.23. The van der Waals surface area contributed by atoms with Crippen molar-refractivity contribution in [2.45, 2.75) is 13.5 Å². The van der Waals surface area contributed by atoms with E-state index in [1.54, 1.807) is 28.8 Å². The fourth-order valence-corrected chi connectivity index (χ4v) is 2.02. The number of nitrogen functional groups attached to an aromatic ring is 1. The largest absolute Gasteiger partial charge is 0.439 e. The number of hydrogen-bond acceptors (Lipinski definition) is 4. The highest BCUT2D eigenvalue weighted by Crippen LogP contribution is 2.18. The van der Waals surface area contributed by atoms with Crippen molar-refractivity contribution in [3.8, 4) is 0 Å². The van der Waals surface area contributed by atoms with Crippen LogP contribution in [0.25, 0.3) is 11.1 Å². The molecule has 0 radical (unpaired) electrons. The average molecular weight is 255 g/mol. The minimum atomic E-state index is -0.0678. The normalized spacial score (nSPS) is 11.0. The first-order valence-corrected chi connectivity index (χ1v) is 5.95. The molecule has 0 aliphatic heterocycles. The number of hydrogen-bond donors (Lipinski definition) is 1. The molecule has 1 aromatic carbocycles. The van der Waals surface area contributed by atoms with Crippen molar-refractivity contribution in [1.29, 1.82) is 0 Å². The highest BCUT2D eigenvalue weighted by atomic mass is 16.3. The molecule has 0 aliphatic rings. The van der Waals surface area contributed by atoms with Gasteiger partial charge < -0.3 is 14.7 Å². The van der Waals surface area contributed by atoms with Crippen LogP contribution in [0.1, 0.15) is 11.6 Å². The maximum atomic E-state index is 11.8. The van der Waals surface area contributed by atoms with Gasteiger partial charge in [-0.25, -0.2) is 4.98 Å². The number of nitrogens with zero attached hydrogens (tertiary/aromatic N) is 2. The smallest absolute Gasteiger partial charge is 0.251 e. The number of nitrogens with two attached hydrogens (primary N) is 1. The molecule has 0 spiro atoms. The molecular formula is C14H13N3O2. The molecule has 3 aromatic rings. The molecule has 19 heavy (non-hydrogen) atoms. The Balaban J connectivity index is 2.04. The second-order valence-electron chi connectivity index (χ2n) is 4.43. The van der Waals surface area contributed by atoms with Gasteiger partial charge in [-0.05, 0) is 31.2 Å². The summed E-state index contributed by atoms with van der Waals surface area (Å²) in [6, 6.07) is 10.4. The first-order chi connectivity index (χ1) is 9.13. The van der Waals surface area contributed by atoms with Crippen LogP contribution in [0.3, 0.4) is 0 Å². The summed E-state index contributed by atoms with van der Waals surface area (Å²) >= 11 is 0. The quantitative estimate of drug-likeness (QED) is 0.710. The molecule has 2 heterocycles. The van der Waals surface area contributed by atoms with Crippen LogP contribution in [0.5, 0.6) is 0 Å². The number of aromatic nitrogens is 2. The molecular weight excluding hydrogens is 242 g/mol. The summed E-state index contributed by atoms with van der Waals surface area (Å²) in [6.45, 7) is 2.20. The Morgan fingerprint density at radius 1 is 1.32 bits per heavy atom. The van der Waals surface area contributed by atoms with Crippen LogP contribution in [-0.4, -0.2) is 9.55 Å². The summed E-state index contributed by atoms with van der Waals surface area (Å²) in [7, 11) is 0. The van der Waals surface area contributed by atoms with Gasteiger partial charge in [0.05, 0.1) is 0 Å². The van der Waals surface area contributed by atoms with Gasteiger partial charge in [-0.2, -0.15) is 0 Å². The van der Waals surface area contributed by atoms with E-state index in [1.165, 1.54) is 6.07 Å². The van der Waals surface area contributed by atoms with Crippen molar-refractivity contribution in [3.63, 3.8) is 0 Å². The number of rotatable bonds is 2. The second-order valence-corrected chi connectivity index (χ2v) is 4.43. The SMILES string of the molecule is Cc1cccc(=O)n1Cc1nc2cc(N)ccc2o1. The lowest BCUT2D eigenvalue weighted by atomic mass is 10.3. The Morgan fingerprint density at radius 3 is 2.95 bits per heavy atom. The van der Waals surface area contributed by atoms with E-state index in [0.717, 1.165) is 5.69 Å². The molecule has 5 nitrogen and oxygen atoms in total. The van der Waals surface area contributed by atoms with Gasteiger partial charge in [0.2, 0.25) is 5.89 Å². The van der Waals surface area contributed by atoms with Crippen molar-refractivity contribution in [1.82, 2.24) is 9.55 Å². The van der Waals surface area contributed by atoms with Crippen LogP contribution < -0.4 is 11.3 Å². The van der Waals surface area contributed by atoms with E-state index >= 15 is 0 Å². The lowest BCUT2D eigenvalue weighted by molar-refractivity contribution is 0.500. The predicted octanol–water partition coefficient (Wildman–Crippen LogP) is 1.93. The van der Waals surface area contributed by atoms with E-state index in [0.29, 0.717) is 29.2 Å². The van der Waals surface area contributed by atoms with Crippen molar-refractivity contribution in [2.75, 3.05) is 5.73 Å². The first-order valence-electron chi connectivity index (χ1n) is 5.95.